The first kappa shape index (κ1) is 13.3. The minimum atomic E-state index is 0.0727. The highest BCUT2D eigenvalue weighted by molar-refractivity contribution is 6.70. The van der Waals surface area contributed by atoms with Gasteiger partial charge in [0.25, 0.3) is 0 Å². The van der Waals surface area contributed by atoms with E-state index in [1.54, 1.807) is 12.3 Å². The third-order valence-electron chi connectivity index (χ3n) is 4.94. The van der Waals surface area contributed by atoms with Crippen LogP contribution in [0, 0.1) is 0 Å². The standard InChI is InChI=1S/C18H14ClN3O/c19-18-11-3-1-2-4-15(11)22-16-5-6-20-9-13(16)12-7-10(23)8-14(21-18)17(12)22/h5-6,8-9H,1-4,7H2. The molecule has 3 heterocycles. The smallest absolute Gasteiger partial charge is 0.162 e. The van der Waals surface area contributed by atoms with Crippen LogP contribution >= 0.6 is 11.6 Å². The molecule has 2 aliphatic carbocycles. The number of carbonyl (C=O) groups excluding carboxylic acids is 1. The molecule has 23 heavy (non-hydrogen) atoms. The van der Waals surface area contributed by atoms with Crippen LogP contribution in [0.4, 0.5) is 0 Å². The van der Waals surface area contributed by atoms with Gasteiger partial charge in [-0.3, -0.25) is 9.78 Å². The lowest BCUT2D eigenvalue weighted by molar-refractivity contribution is -0.114. The predicted octanol–water partition coefficient (Wildman–Crippen LogP) is 3.94. The normalized spacial score (nSPS) is 20.0. The second-order valence-electron chi connectivity index (χ2n) is 6.26. The number of rotatable bonds is 0. The van der Waals surface area contributed by atoms with Crippen molar-refractivity contribution in [1.82, 2.24) is 9.55 Å². The summed E-state index contributed by atoms with van der Waals surface area (Å²) in [7, 11) is 0. The Morgan fingerprint density at radius 2 is 2.09 bits per heavy atom. The predicted molar refractivity (Wildman–Crippen MR) is 91.4 cm³/mol. The van der Waals surface area contributed by atoms with Gasteiger partial charge in [0.2, 0.25) is 0 Å². The van der Waals surface area contributed by atoms with Crippen molar-refractivity contribution in [3.8, 4) is 0 Å². The highest BCUT2D eigenvalue weighted by Gasteiger charge is 2.32. The molecule has 0 spiro atoms. The zero-order valence-electron chi connectivity index (χ0n) is 12.5. The van der Waals surface area contributed by atoms with Gasteiger partial charge < -0.3 is 4.57 Å². The molecule has 2 aromatic heterocycles. The molecular formula is C18H14ClN3O. The first-order valence-corrected chi connectivity index (χ1v) is 8.31. The fourth-order valence-electron chi connectivity index (χ4n) is 3.99. The Bertz CT molecular complexity index is 978. The highest BCUT2D eigenvalue weighted by atomic mass is 35.5. The van der Waals surface area contributed by atoms with Crippen LogP contribution in [0.3, 0.4) is 0 Å². The van der Waals surface area contributed by atoms with Gasteiger partial charge in [0.05, 0.1) is 16.9 Å². The molecule has 2 aromatic rings. The minimum Gasteiger partial charge on any atom is -0.311 e. The Labute approximate surface area is 138 Å². The number of halogens is 1. The van der Waals surface area contributed by atoms with Crippen LogP contribution in [0.1, 0.15) is 36.9 Å². The Morgan fingerprint density at radius 1 is 1.22 bits per heavy atom. The van der Waals surface area contributed by atoms with Crippen LogP contribution in [-0.2, 0) is 11.2 Å². The molecule has 0 atom stereocenters. The van der Waals surface area contributed by atoms with Crippen molar-refractivity contribution >= 4 is 44.9 Å². The van der Waals surface area contributed by atoms with Crippen LogP contribution in [0.15, 0.2) is 35.1 Å². The Balaban J connectivity index is 1.98. The van der Waals surface area contributed by atoms with Gasteiger partial charge in [-0.1, -0.05) is 11.6 Å². The molecule has 0 bridgehead atoms. The number of aromatic nitrogens is 2. The fourth-order valence-corrected chi connectivity index (χ4v) is 4.28. The van der Waals surface area contributed by atoms with E-state index in [0.717, 1.165) is 53.4 Å². The molecule has 0 amide bonds. The van der Waals surface area contributed by atoms with E-state index >= 15 is 0 Å². The van der Waals surface area contributed by atoms with Crippen molar-refractivity contribution in [2.24, 2.45) is 4.99 Å². The van der Waals surface area contributed by atoms with Crippen LogP contribution in [-0.4, -0.2) is 20.5 Å². The van der Waals surface area contributed by atoms with Gasteiger partial charge in [-0.15, -0.1) is 0 Å². The summed E-state index contributed by atoms with van der Waals surface area (Å²) in [6, 6.07) is 2.02. The van der Waals surface area contributed by atoms with Crippen LogP contribution in [0.5, 0.6) is 0 Å². The van der Waals surface area contributed by atoms with Crippen molar-refractivity contribution in [1.29, 1.82) is 0 Å². The largest absolute Gasteiger partial charge is 0.311 e. The fraction of sp³-hybridized carbons (Fsp3) is 0.278. The minimum absolute atomic E-state index is 0.0727. The van der Waals surface area contributed by atoms with Gasteiger partial charge >= 0.3 is 0 Å². The zero-order valence-corrected chi connectivity index (χ0v) is 13.2. The quantitative estimate of drug-likeness (QED) is 0.737. The van der Waals surface area contributed by atoms with E-state index in [1.807, 2.05) is 12.3 Å². The maximum absolute atomic E-state index is 12.2. The third-order valence-corrected chi connectivity index (χ3v) is 5.25. The molecule has 0 radical (unpaired) electrons. The average Bonchev–Trinajstić information content (AvgIpc) is 2.82. The van der Waals surface area contributed by atoms with Crippen LogP contribution < -0.4 is 0 Å². The molecule has 0 saturated heterocycles. The van der Waals surface area contributed by atoms with Gasteiger partial charge in [0, 0.05) is 41.5 Å². The Morgan fingerprint density at radius 3 is 3.00 bits per heavy atom. The number of hydrogen-bond acceptors (Lipinski definition) is 3. The monoisotopic (exact) mass is 323 g/mol. The number of nitrogens with zero attached hydrogens (tertiary/aromatic N) is 3. The number of fused-ring (bicyclic) bond motifs is 4. The van der Waals surface area contributed by atoms with Crippen molar-refractivity contribution < 1.29 is 4.79 Å². The summed E-state index contributed by atoms with van der Waals surface area (Å²) in [5.41, 5.74) is 6.20. The lowest BCUT2D eigenvalue weighted by Crippen LogP contribution is -2.12. The number of allylic oxidation sites excluding steroid dienone is 3. The maximum atomic E-state index is 12.2. The van der Waals surface area contributed by atoms with E-state index in [0.29, 0.717) is 17.3 Å². The average molecular weight is 324 g/mol. The topological polar surface area (TPSA) is 47.2 Å². The van der Waals surface area contributed by atoms with Gasteiger partial charge in [-0.2, -0.15) is 0 Å². The molecule has 1 aliphatic heterocycles. The van der Waals surface area contributed by atoms with Crippen molar-refractivity contribution in [2.75, 3.05) is 0 Å². The first-order chi connectivity index (χ1) is 11.2. The molecular weight excluding hydrogens is 310 g/mol. The molecule has 5 rings (SSSR count). The van der Waals surface area contributed by atoms with Gasteiger partial charge in [0.1, 0.15) is 5.17 Å². The number of hydrogen-bond donors (Lipinski definition) is 0. The summed E-state index contributed by atoms with van der Waals surface area (Å²) in [4.78, 5) is 21.0. The lowest BCUT2D eigenvalue weighted by atomic mass is 9.96. The summed E-state index contributed by atoms with van der Waals surface area (Å²) in [6.07, 6.45) is 9.91. The second-order valence-corrected chi connectivity index (χ2v) is 6.62. The molecule has 0 N–H and O–H groups in total. The molecule has 0 unspecified atom stereocenters. The lowest BCUT2D eigenvalue weighted by Gasteiger charge is -2.21. The SMILES string of the molecule is O=C1C=C2N=C(Cl)C3=C(CCCC3)n3c2c(c2cnccc23)C1. The number of aliphatic imine (C=N–C) groups is 1. The number of ketones is 1. The summed E-state index contributed by atoms with van der Waals surface area (Å²) >= 11 is 6.50. The molecule has 114 valence electrons. The number of pyridine rings is 1. The maximum Gasteiger partial charge on any atom is 0.162 e. The first-order valence-electron chi connectivity index (χ1n) is 7.93. The van der Waals surface area contributed by atoms with E-state index < -0.39 is 0 Å². The Kier molecular flexibility index (Phi) is 2.68. The van der Waals surface area contributed by atoms with E-state index in [9.17, 15) is 4.79 Å². The van der Waals surface area contributed by atoms with Crippen molar-refractivity contribution in [3.63, 3.8) is 0 Å². The van der Waals surface area contributed by atoms with Crippen molar-refractivity contribution in [2.45, 2.75) is 32.1 Å². The molecule has 5 heteroatoms. The Hall–Kier alpha value is -2.20. The van der Waals surface area contributed by atoms with E-state index in [1.165, 1.54) is 5.70 Å². The van der Waals surface area contributed by atoms with E-state index in [4.69, 9.17) is 11.6 Å². The van der Waals surface area contributed by atoms with Gasteiger partial charge in [-0.05, 0) is 37.3 Å². The van der Waals surface area contributed by atoms with Gasteiger partial charge in [0.15, 0.2) is 5.78 Å². The molecule has 0 aromatic carbocycles. The van der Waals surface area contributed by atoms with Crippen molar-refractivity contribution in [3.05, 3.63) is 41.4 Å². The number of carbonyl (C=O) groups is 1. The molecule has 4 nitrogen and oxygen atoms in total. The molecule has 0 fully saturated rings. The van der Waals surface area contributed by atoms with E-state index in [2.05, 4.69) is 14.5 Å². The summed E-state index contributed by atoms with van der Waals surface area (Å²) in [5.74, 6) is 0.0727. The molecule has 0 saturated carbocycles. The van der Waals surface area contributed by atoms with Gasteiger partial charge in [-0.25, -0.2) is 4.99 Å². The second kappa shape index (κ2) is 4.65. The summed E-state index contributed by atoms with van der Waals surface area (Å²) in [6.45, 7) is 0. The molecule has 3 aliphatic rings. The van der Waals surface area contributed by atoms with E-state index in [-0.39, 0.29) is 5.78 Å². The highest BCUT2D eigenvalue weighted by Crippen LogP contribution is 2.43. The summed E-state index contributed by atoms with van der Waals surface area (Å²) in [5, 5.41) is 1.59. The van der Waals surface area contributed by atoms with Crippen LogP contribution in [0.25, 0.3) is 22.3 Å². The third kappa shape index (κ3) is 1.75. The zero-order chi connectivity index (χ0) is 15.6. The van der Waals surface area contributed by atoms with Crippen LogP contribution in [0.2, 0.25) is 0 Å². The summed E-state index contributed by atoms with van der Waals surface area (Å²) < 4.78 is 2.28.